The number of hydrogen-bond donors (Lipinski definition) is 2. The maximum atomic E-state index is 11.7. The lowest BCUT2D eigenvalue weighted by Crippen LogP contribution is -2.19. The van der Waals surface area contributed by atoms with E-state index in [0.717, 1.165) is 0 Å². The van der Waals surface area contributed by atoms with Gasteiger partial charge in [0.25, 0.3) is 5.56 Å². The van der Waals surface area contributed by atoms with Crippen LogP contribution in [0.15, 0.2) is 35.3 Å². The monoisotopic (exact) mass is 302 g/mol. The quantitative estimate of drug-likeness (QED) is 0.775. The molecule has 7 heteroatoms. The molecule has 2 aromatic rings. The normalized spacial score (nSPS) is 10.2. The second-order valence-electron chi connectivity index (χ2n) is 4.62. The van der Waals surface area contributed by atoms with Gasteiger partial charge >= 0.3 is 5.97 Å². The molecule has 0 aliphatic carbocycles. The Labute approximate surface area is 125 Å². The number of hydrogen-bond acceptors (Lipinski definition) is 5. The zero-order valence-electron chi connectivity index (χ0n) is 11.8. The van der Waals surface area contributed by atoms with E-state index in [1.807, 2.05) is 0 Å². The Morgan fingerprint density at radius 2 is 1.95 bits per heavy atom. The van der Waals surface area contributed by atoms with Gasteiger partial charge in [-0.15, -0.1) is 0 Å². The molecule has 22 heavy (non-hydrogen) atoms. The molecule has 0 radical (unpaired) electrons. The molecule has 0 aliphatic rings. The summed E-state index contributed by atoms with van der Waals surface area (Å²) >= 11 is 0. The molecule has 0 amide bonds. The number of carboxylic acids is 1. The molecule has 0 fully saturated rings. The van der Waals surface area contributed by atoms with Crippen LogP contribution in [0.1, 0.15) is 28.7 Å². The molecule has 0 bridgehead atoms. The second kappa shape index (κ2) is 6.66. The van der Waals surface area contributed by atoms with E-state index in [-0.39, 0.29) is 30.2 Å². The van der Waals surface area contributed by atoms with Crippen LogP contribution in [0, 0.1) is 0 Å². The minimum Gasteiger partial charge on any atom is -0.486 e. The highest BCUT2D eigenvalue weighted by molar-refractivity contribution is 5.94. The van der Waals surface area contributed by atoms with Crippen molar-refractivity contribution in [3.05, 3.63) is 57.8 Å². The molecule has 1 aromatic heterocycles. The number of carbonyl (C=O) groups excluding carboxylic acids is 1. The first-order valence-electron chi connectivity index (χ1n) is 6.48. The van der Waals surface area contributed by atoms with Crippen molar-refractivity contribution in [3.8, 4) is 5.75 Å². The van der Waals surface area contributed by atoms with Gasteiger partial charge < -0.3 is 14.8 Å². The van der Waals surface area contributed by atoms with Crippen molar-refractivity contribution < 1.29 is 19.4 Å². The summed E-state index contributed by atoms with van der Waals surface area (Å²) in [5, 5.41) is 8.64. The third kappa shape index (κ3) is 4.02. The van der Waals surface area contributed by atoms with Gasteiger partial charge in [-0.3, -0.25) is 14.4 Å². The zero-order valence-corrected chi connectivity index (χ0v) is 11.8. The molecule has 0 aliphatic heterocycles. The van der Waals surface area contributed by atoms with Crippen LogP contribution in [0.2, 0.25) is 0 Å². The lowest BCUT2D eigenvalue weighted by atomic mass is 10.1. The van der Waals surface area contributed by atoms with Crippen LogP contribution in [-0.4, -0.2) is 26.8 Å². The van der Waals surface area contributed by atoms with E-state index in [9.17, 15) is 14.4 Å². The van der Waals surface area contributed by atoms with Crippen LogP contribution < -0.4 is 10.3 Å². The zero-order chi connectivity index (χ0) is 16.1. The minimum atomic E-state index is -1.10. The maximum Gasteiger partial charge on any atom is 0.308 e. The molecule has 1 heterocycles. The van der Waals surface area contributed by atoms with Crippen LogP contribution in [0.25, 0.3) is 0 Å². The van der Waals surface area contributed by atoms with E-state index in [4.69, 9.17) is 9.84 Å². The van der Waals surface area contributed by atoms with Crippen LogP contribution in [0.3, 0.4) is 0 Å². The Bertz CT molecular complexity index is 749. The number of aromatic nitrogens is 2. The smallest absolute Gasteiger partial charge is 0.308 e. The van der Waals surface area contributed by atoms with Crippen molar-refractivity contribution in [2.24, 2.45) is 0 Å². The molecular weight excluding hydrogens is 288 g/mol. The molecule has 2 N–H and O–H groups in total. The molecule has 0 saturated carbocycles. The molecule has 7 nitrogen and oxygen atoms in total. The summed E-state index contributed by atoms with van der Waals surface area (Å²) in [6, 6.07) is 6.58. The van der Waals surface area contributed by atoms with Gasteiger partial charge in [0.1, 0.15) is 18.2 Å². The molecular formula is C15H14N2O5. The van der Waals surface area contributed by atoms with Crippen molar-refractivity contribution in [2.75, 3.05) is 0 Å². The summed E-state index contributed by atoms with van der Waals surface area (Å²) in [7, 11) is 0. The second-order valence-corrected chi connectivity index (χ2v) is 4.62. The molecule has 1 aromatic carbocycles. The van der Waals surface area contributed by atoms with E-state index in [0.29, 0.717) is 11.3 Å². The summed E-state index contributed by atoms with van der Waals surface area (Å²) in [6.07, 6.45) is 0.848. The topological polar surface area (TPSA) is 109 Å². The van der Waals surface area contributed by atoms with Crippen LogP contribution >= 0.6 is 0 Å². The lowest BCUT2D eigenvalue weighted by molar-refractivity contribution is -0.136. The Morgan fingerprint density at radius 3 is 2.50 bits per heavy atom. The largest absolute Gasteiger partial charge is 0.486 e. The molecule has 0 spiro atoms. The van der Waals surface area contributed by atoms with Gasteiger partial charge in [0.15, 0.2) is 5.78 Å². The van der Waals surface area contributed by atoms with Crippen molar-refractivity contribution >= 4 is 11.8 Å². The highest BCUT2D eigenvalue weighted by Crippen LogP contribution is 2.13. The number of ether oxygens (including phenoxy) is 1. The molecule has 0 saturated heterocycles. The number of carbonyl (C=O) groups is 2. The van der Waals surface area contributed by atoms with Gasteiger partial charge in [0.05, 0.1) is 6.42 Å². The molecule has 0 atom stereocenters. The summed E-state index contributed by atoms with van der Waals surface area (Å²) in [6.45, 7) is 1.51. The molecule has 114 valence electrons. The average Bonchev–Trinajstić information content (AvgIpc) is 2.47. The predicted molar refractivity (Wildman–Crippen MR) is 77.0 cm³/mol. The summed E-state index contributed by atoms with van der Waals surface area (Å²) in [5.74, 6) is -0.314. The number of aromatic amines is 1. The number of rotatable bonds is 6. The summed E-state index contributed by atoms with van der Waals surface area (Å²) < 4.78 is 5.44. The SMILES string of the molecule is CC(=O)c1ccc(OCc2ncc(CC(=O)O)c(=O)[nH]2)cc1. The number of nitrogens with one attached hydrogen (secondary N) is 1. The summed E-state index contributed by atoms with van der Waals surface area (Å²) in [4.78, 5) is 39.8. The predicted octanol–water partition coefficient (Wildman–Crippen LogP) is 1.18. The van der Waals surface area contributed by atoms with E-state index in [1.54, 1.807) is 24.3 Å². The number of carboxylic acid groups (broad SMARTS) is 1. The number of ketones is 1. The fourth-order valence-corrected chi connectivity index (χ4v) is 1.76. The Kier molecular flexibility index (Phi) is 4.67. The Morgan fingerprint density at radius 1 is 1.27 bits per heavy atom. The first-order chi connectivity index (χ1) is 10.5. The molecule has 2 rings (SSSR count). The fraction of sp³-hybridized carbons (Fsp3) is 0.200. The average molecular weight is 302 g/mol. The van der Waals surface area contributed by atoms with Crippen molar-refractivity contribution in [1.29, 1.82) is 0 Å². The van der Waals surface area contributed by atoms with Gasteiger partial charge in [0.2, 0.25) is 0 Å². The van der Waals surface area contributed by atoms with Crippen molar-refractivity contribution in [2.45, 2.75) is 20.0 Å². The van der Waals surface area contributed by atoms with Crippen LogP contribution in [0.4, 0.5) is 0 Å². The first-order valence-corrected chi connectivity index (χ1v) is 6.48. The number of benzene rings is 1. The van der Waals surface area contributed by atoms with E-state index >= 15 is 0 Å². The Balaban J connectivity index is 2.02. The number of H-pyrrole nitrogens is 1. The number of aliphatic carboxylic acids is 1. The number of nitrogens with zero attached hydrogens (tertiary/aromatic N) is 1. The van der Waals surface area contributed by atoms with Gasteiger partial charge in [-0.25, -0.2) is 4.98 Å². The standard InChI is InChI=1S/C15H14N2O5/c1-9(18)10-2-4-12(5-3-10)22-8-13-16-7-11(6-14(19)20)15(21)17-13/h2-5,7H,6,8H2,1H3,(H,19,20)(H,16,17,21). The maximum absolute atomic E-state index is 11.7. The highest BCUT2D eigenvalue weighted by Gasteiger charge is 2.07. The number of Topliss-reactive ketones (excluding diaryl/α,β-unsaturated/α-hetero) is 1. The Hall–Kier alpha value is -2.96. The van der Waals surface area contributed by atoms with Crippen LogP contribution in [-0.2, 0) is 17.8 Å². The molecule has 0 unspecified atom stereocenters. The van der Waals surface area contributed by atoms with Gasteiger partial charge in [-0.1, -0.05) is 0 Å². The minimum absolute atomic E-state index is 0.0298. The van der Waals surface area contributed by atoms with Gasteiger partial charge in [0, 0.05) is 17.3 Å². The van der Waals surface area contributed by atoms with Gasteiger partial charge in [-0.05, 0) is 31.2 Å². The van der Waals surface area contributed by atoms with Crippen molar-refractivity contribution in [3.63, 3.8) is 0 Å². The lowest BCUT2D eigenvalue weighted by Gasteiger charge is -2.06. The highest BCUT2D eigenvalue weighted by atomic mass is 16.5. The van der Waals surface area contributed by atoms with E-state index in [1.165, 1.54) is 13.1 Å². The van der Waals surface area contributed by atoms with E-state index in [2.05, 4.69) is 9.97 Å². The summed E-state index contributed by atoms with van der Waals surface area (Å²) in [5.41, 5.74) is 0.168. The third-order valence-electron chi connectivity index (χ3n) is 2.90. The van der Waals surface area contributed by atoms with Crippen LogP contribution in [0.5, 0.6) is 5.75 Å². The van der Waals surface area contributed by atoms with Crippen molar-refractivity contribution in [1.82, 2.24) is 9.97 Å². The third-order valence-corrected chi connectivity index (χ3v) is 2.90. The fourth-order valence-electron chi connectivity index (χ4n) is 1.76. The van der Waals surface area contributed by atoms with Gasteiger partial charge in [-0.2, -0.15) is 0 Å². The van der Waals surface area contributed by atoms with E-state index < -0.39 is 11.5 Å². The first kappa shape index (κ1) is 15.4.